The summed E-state index contributed by atoms with van der Waals surface area (Å²) in [6, 6.07) is 7.11. The number of sulfone groups is 1. The van der Waals surface area contributed by atoms with Crippen LogP contribution in [0, 0.1) is 5.92 Å². The number of nitrogens with zero attached hydrogens (tertiary/aromatic N) is 1. The lowest BCUT2D eigenvalue weighted by molar-refractivity contribution is -0.0377. The van der Waals surface area contributed by atoms with Gasteiger partial charge in [-0.1, -0.05) is 12.1 Å². The molecule has 1 amide bonds. The van der Waals surface area contributed by atoms with Gasteiger partial charge in [-0.15, -0.1) is 23.7 Å². The van der Waals surface area contributed by atoms with E-state index in [-0.39, 0.29) is 29.9 Å². The van der Waals surface area contributed by atoms with Crippen LogP contribution < -0.4 is 5.32 Å². The second-order valence-electron chi connectivity index (χ2n) is 7.99. The molecule has 3 aliphatic rings. The molecule has 0 radical (unpaired) electrons. The lowest BCUT2D eigenvalue weighted by Gasteiger charge is -2.56. The lowest BCUT2D eigenvalue weighted by atomic mass is 9.72. The van der Waals surface area contributed by atoms with E-state index in [1.807, 2.05) is 6.07 Å². The molecule has 2 bridgehead atoms. The summed E-state index contributed by atoms with van der Waals surface area (Å²) >= 11 is 1.26. The predicted molar refractivity (Wildman–Crippen MR) is 112 cm³/mol. The summed E-state index contributed by atoms with van der Waals surface area (Å²) in [7, 11) is -3.32. The van der Waals surface area contributed by atoms with Crippen LogP contribution in [0.5, 0.6) is 0 Å². The highest BCUT2D eigenvalue weighted by Gasteiger charge is 2.48. The molecule has 1 aromatic heterocycles. The number of hydrogen-bond acceptors (Lipinski definition) is 5. The number of carbonyl (C=O) groups is 1. The number of halogens is 1. The van der Waals surface area contributed by atoms with Crippen molar-refractivity contribution in [1.29, 1.82) is 0 Å². The maximum atomic E-state index is 12.9. The zero-order chi connectivity index (χ0) is 18.7. The van der Waals surface area contributed by atoms with Crippen LogP contribution in [0.4, 0.5) is 0 Å². The minimum absolute atomic E-state index is 0. The van der Waals surface area contributed by atoms with Gasteiger partial charge in [0.2, 0.25) is 0 Å². The molecule has 2 aromatic rings. The molecule has 27 heavy (non-hydrogen) atoms. The molecule has 1 aromatic carbocycles. The van der Waals surface area contributed by atoms with E-state index in [0.29, 0.717) is 20.4 Å². The third-order valence-corrected chi connectivity index (χ3v) is 8.46. The lowest BCUT2D eigenvalue weighted by Crippen LogP contribution is -2.69. The maximum absolute atomic E-state index is 12.9. The first-order chi connectivity index (χ1) is 12.2. The van der Waals surface area contributed by atoms with Crippen LogP contribution in [-0.4, -0.2) is 50.2 Å². The molecular weight excluding hydrogens is 404 g/mol. The summed E-state index contributed by atoms with van der Waals surface area (Å²) in [4.78, 5) is 16.3. The van der Waals surface area contributed by atoms with Gasteiger partial charge in [-0.05, 0) is 63.2 Å². The van der Waals surface area contributed by atoms with Crippen LogP contribution in [-0.2, 0) is 9.84 Å². The number of benzene rings is 1. The summed E-state index contributed by atoms with van der Waals surface area (Å²) in [5.74, 6) is 0.414. The van der Waals surface area contributed by atoms with Gasteiger partial charge in [0.1, 0.15) is 0 Å². The largest absolute Gasteiger partial charge is 0.346 e. The highest BCUT2D eigenvalue weighted by Crippen LogP contribution is 2.39. The van der Waals surface area contributed by atoms with Crippen LogP contribution >= 0.6 is 23.7 Å². The van der Waals surface area contributed by atoms with Gasteiger partial charge < -0.3 is 5.32 Å². The number of thiophene rings is 1. The summed E-state index contributed by atoms with van der Waals surface area (Å²) in [5, 5.41) is 4.06. The van der Waals surface area contributed by atoms with Crippen molar-refractivity contribution in [3.8, 4) is 0 Å². The number of nitrogens with one attached hydrogen (secondary N) is 1. The zero-order valence-electron chi connectivity index (χ0n) is 15.7. The second-order valence-corrected chi connectivity index (χ2v) is 11.0. The summed E-state index contributed by atoms with van der Waals surface area (Å²) in [5.41, 5.74) is -0.0502. The second kappa shape index (κ2) is 7.03. The number of amides is 1. The Balaban J connectivity index is 0.00000210. The fraction of sp³-hybridized carbons (Fsp3) is 0.526. The van der Waals surface area contributed by atoms with Gasteiger partial charge in [-0.25, -0.2) is 8.42 Å². The third kappa shape index (κ3) is 3.50. The van der Waals surface area contributed by atoms with E-state index in [0.717, 1.165) is 31.3 Å². The SMILES string of the molecule is CC1(C)C(NC(=O)c2cc3cccc(S(C)(=O)=O)c3s2)C2CCN1CC2.Cl. The number of hydrogen-bond donors (Lipinski definition) is 1. The summed E-state index contributed by atoms with van der Waals surface area (Å²) < 4.78 is 24.7. The molecule has 1 unspecified atom stereocenters. The van der Waals surface area contributed by atoms with Crippen molar-refractivity contribution in [2.75, 3.05) is 19.3 Å². The molecule has 1 N–H and O–H groups in total. The monoisotopic (exact) mass is 428 g/mol. The fourth-order valence-corrected chi connectivity index (χ4v) is 6.86. The van der Waals surface area contributed by atoms with Gasteiger partial charge in [0.05, 0.1) is 14.5 Å². The van der Waals surface area contributed by atoms with Crippen LogP contribution in [0.15, 0.2) is 29.2 Å². The van der Waals surface area contributed by atoms with Crippen LogP contribution in [0.1, 0.15) is 36.4 Å². The number of rotatable bonds is 3. The van der Waals surface area contributed by atoms with Crippen molar-refractivity contribution >= 4 is 49.6 Å². The van der Waals surface area contributed by atoms with Gasteiger partial charge in [-0.2, -0.15) is 0 Å². The van der Waals surface area contributed by atoms with E-state index in [2.05, 4.69) is 24.1 Å². The fourth-order valence-electron chi connectivity index (χ4n) is 4.53. The molecule has 4 heterocycles. The van der Waals surface area contributed by atoms with Crippen LogP contribution in [0.25, 0.3) is 10.1 Å². The standard InChI is InChI=1S/C19H24N2O3S2.ClH/c1-19(2)17(12-7-9-21(19)10-8-12)20-18(22)14-11-13-5-4-6-15(16(13)25-14)26(3,23)24;/h4-6,11-12,17H,7-10H2,1-3H3,(H,20,22);1H. The molecule has 5 nitrogen and oxygen atoms in total. The van der Waals surface area contributed by atoms with E-state index >= 15 is 0 Å². The molecule has 3 saturated heterocycles. The number of piperidine rings is 3. The molecule has 8 heteroatoms. The molecule has 0 spiro atoms. The Morgan fingerprint density at radius 3 is 2.52 bits per heavy atom. The highest BCUT2D eigenvalue weighted by molar-refractivity contribution is 7.91. The quantitative estimate of drug-likeness (QED) is 0.814. The van der Waals surface area contributed by atoms with Crippen molar-refractivity contribution in [2.24, 2.45) is 5.92 Å². The first-order valence-corrected chi connectivity index (χ1v) is 11.7. The van der Waals surface area contributed by atoms with Crippen molar-refractivity contribution in [3.05, 3.63) is 29.1 Å². The Hall–Kier alpha value is -1.15. The highest BCUT2D eigenvalue weighted by atomic mass is 35.5. The Morgan fingerprint density at radius 1 is 1.26 bits per heavy atom. The maximum Gasteiger partial charge on any atom is 0.261 e. The predicted octanol–water partition coefficient (Wildman–Crippen LogP) is 3.33. The van der Waals surface area contributed by atoms with Crippen molar-refractivity contribution in [1.82, 2.24) is 10.2 Å². The van der Waals surface area contributed by atoms with Gasteiger partial charge in [-0.3, -0.25) is 9.69 Å². The van der Waals surface area contributed by atoms with Crippen LogP contribution in [0.2, 0.25) is 0 Å². The average Bonchev–Trinajstić information content (AvgIpc) is 3.01. The smallest absolute Gasteiger partial charge is 0.261 e. The van der Waals surface area contributed by atoms with Gasteiger partial charge in [0, 0.05) is 17.8 Å². The summed E-state index contributed by atoms with van der Waals surface area (Å²) in [6.45, 7) is 6.61. The van der Waals surface area contributed by atoms with Gasteiger partial charge in [0.15, 0.2) is 9.84 Å². The van der Waals surface area contributed by atoms with Gasteiger partial charge in [0.25, 0.3) is 5.91 Å². The molecule has 0 aliphatic carbocycles. The first-order valence-electron chi connectivity index (χ1n) is 8.96. The first kappa shape index (κ1) is 20.6. The molecule has 3 fully saturated rings. The topological polar surface area (TPSA) is 66.5 Å². The van der Waals surface area contributed by atoms with Crippen molar-refractivity contribution in [3.63, 3.8) is 0 Å². The Morgan fingerprint density at radius 2 is 1.93 bits per heavy atom. The van der Waals surface area contributed by atoms with E-state index < -0.39 is 9.84 Å². The Bertz CT molecular complexity index is 976. The molecule has 3 aliphatic heterocycles. The van der Waals surface area contributed by atoms with E-state index in [1.54, 1.807) is 18.2 Å². The Labute approximate surface area is 170 Å². The Kier molecular flexibility index (Phi) is 5.36. The summed E-state index contributed by atoms with van der Waals surface area (Å²) in [6.07, 6.45) is 3.45. The zero-order valence-corrected chi connectivity index (χ0v) is 18.1. The normalized spacial score (nSPS) is 26.6. The minimum Gasteiger partial charge on any atom is -0.346 e. The van der Waals surface area contributed by atoms with Crippen molar-refractivity contribution in [2.45, 2.75) is 43.2 Å². The number of carbonyl (C=O) groups excluding carboxylic acids is 1. The van der Waals surface area contributed by atoms with Crippen LogP contribution in [0.3, 0.4) is 0 Å². The molecule has 0 saturated carbocycles. The minimum atomic E-state index is -3.32. The molecular formula is C19H25ClN2O3S2. The van der Waals surface area contributed by atoms with E-state index in [9.17, 15) is 13.2 Å². The third-order valence-electron chi connectivity index (χ3n) is 6.00. The van der Waals surface area contributed by atoms with Gasteiger partial charge >= 0.3 is 0 Å². The number of fused-ring (bicyclic) bond motifs is 4. The molecule has 1 atom stereocenters. The van der Waals surface area contributed by atoms with E-state index in [4.69, 9.17) is 0 Å². The molecule has 148 valence electrons. The van der Waals surface area contributed by atoms with E-state index in [1.165, 1.54) is 17.6 Å². The van der Waals surface area contributed by atoms with Crippen molar-refractivity contribution < 1.29 is 13.2 Å². The average molecular weight is 429 g/mol. The molecule has 5 rings (SSSR count).